The van der Waals surface area contributed by atoms with Gasteiger partial charge in [-0.2, -0.15) is 0 Å². The largest absolute Gasteiger partial charge is 0.480 e. The van der Waals surface area contributed by atoms with Crippen molar-refractivity contribution >= 4 is 5.97 Å². The second-order valence-corrected chi connectivity index (χ2v) is 5.59. The van der Waals surface area contributed by atoms with Crippen LogP contribution in [0, 0.1) is 5.92 Å². The second kappa shape index (κ2) is 10.2. The first-order chi connectivity index (χ1) is 8.96. The smallest absolute Gasteiger partial charge is 0.323 e. The van der Waals surface area contributed by atoms with Gasteiger partial charge >= 0.3 is 5.97 Å². The highest BCUT2D eigenvalue weighted by Gasteiger charge is 2.30. The van der Waals surface area contributed by atoms with Gasteiger partial charge in [0.05, 0.1) is 0 Å². The first kappa shape index (κ1) is 18.4. The maximum absolute atomic E-state index is 11.2. The van der Waals surface area contributed by atoms with Crippen molar-refractivity contribution in [3.63, 3.8) is 0 Å². The van der Waals surface area contributed by atoms with Gasteiger partial charge in [0.2, 0.25) is 0 Å². The first-order valence-corrected chi connectivity index (χ1v) is 7.52. The van der Waals surface area contributed by atoms with Gasteiger partial charge in [-0.05, 0) is 45.1 Å². The van der Waals surface area contributed by atoms with Crippen molar-refractivity contribution in [2.75, 3.05) is 19.8 Å². The van der Waals surface area contributed by atoms with Gasteiger partial charge < -0.3 is 15.2 Å². The lowest BCUT2D eigenvalue weighted by Gasteiger charge is -2.25. The van der Waals surface area contributed by atoms with Gasteiger partial charge in [0, 0.05) is 13.2 Å². The SMILES string of the molecule is CCCC(C)COCCCCC(C)(NCC)C(=O)O. The Hall–Kier alpha value is -0.610. The Kier molecular flexibility index (Phi) is 9.88. The third kappa shape index (κ3) is 8.22. The Morgan fingerprint density at radius 1 is 1.37 bits per heavy atom. The summed E-state index contributed by atoms with van der Waals surface area (Å²) in [6, 6.07) is 0. The lowest BCUT2D eigenvalue weighted by Crippen LogP contribution is -2.49. The topological polar surface area (TPSA) is 58.6 Å². The van der Waals surface area contributed by atoms with Gasteiger partial charge in [-0.3, -0.25) is 4.79 Å². The van der Waals surface area contributed by atoms with E-state index in [0.717, 1.165) is 26.1 Å². The second-order valence-electron chi connectivity index (χ2n) is 5.59. The van der Waals surface area contributed by atoms with Crippen LogP contribution in [0.4, 0.5) is 0 Å². The number of nitrogens with one attached hydrogen (secondary N) is 1. The molecule has 0 bridgehead atoms. The fourth-order valence-corrected chi connectivity index (χ4v) is 2.20. The molecule has 0 spiro atoms. The van der Waals surface area contributed by atoms with Crippen LogP contribution in [0.15, 0.2) is 0 Å². The van der Waals surface area contributed by atoms with E-state index in [1.54, 1.807) is 6.92 Å². The molecule has 0 amide bonds. The van der Waals surface area contributed by atoms with E-state index in [1.165, 1.54) is 12.8 Å². The zero-order chi connectivity index (χ0) is 14.7. The molecule has 0 aromatic heterocycles. The van der Waals surface area contributed by atoms with Crippen molar-refractivity contribution in [2.24, 2.45) is 5.92 Å². The number of hydrogen-bond acceptors (Lipinski definition) is 3. The molecule has 2 atom stereocenters. The number of aliphatic carboxylic acids is 1. The number of likely N-dealkylation sites (N-methyl/N-ethyl adjacent to an activating group) is 1. The standard InChI is InChI=1S/C15H31NO3/c1-5-9-13(3)12-19-11-8-7-10-15(4,14(17)18)16-6-2/h13,16H,5-12H2,1-4H3,(H,17,18). The minimum Gasteiger partial charge on any atom is -0.480 e. The molecule has 0 aromatic carbocycles. The summed E-state index contributed by atoms with van der Waals surface area (Å²) in [5.74, 6) is -0.150. The fraction of sp³-hybridized carbons (Fsp3) is 0.933. The summed E-state index contributed by atoms with van der Waals surface area (Å²) < 4.78 is 5.62. The van der Waals surface area contributed by atoms with Gasteiger partial charge in [-0.25, -0.2) is 0 Å². The number of hydrogen-bond donors (Lipinski definition) is 2. The molecular weight excluding hydrogens is 242 g/mol. The van der Waals surface area contributed by atoms with E-state index in [1.807, 2.05) is 6.92 Å². The third-order valence-electron chi connectivity index (χ3n) is 3.44. The first-order valence-electron chi connectivity index (χ1n) is 7.52. The minimum absolute atomic E-state index is 0.621. The van der Waals surface area contributed by atoms with Crippen molar-refractivity contribution in [1.29, 1.82) is 0 Å². The molecule has 0 fully saturated rings. The molecule has 0 radical (unpaired) electrons. The molecule has 0 rings (SSSR count). The summed E-state index contributed by atoms with van der Waals surface area (Å²) in [6.07, 6.45) is 4.84. The Labute approximate surface area is 117 Å². The maximum atomic E-state index is 11.2. The molecule has 0 heterocycles. The summed E-state index contributed by atoms with van der Waals surface area (Å²) >= 11 is 0. The van der Waals surface area contributed by atoms with Crippen molar-refractivity contribution in [2.45, 2.75) is 65.3 Å². The molecule has 114 valence electrons. The van der Waals surface area contributed by atoms with E-state index in [9.17, 15) is 9.90 Å². The lowest BCUT2D eigenvalue weighted by molar-refractivity contribution is -0.144. The quantitative estimate of drug-likeness (QED) is 0.537. The van der Waals surface area contributed by atoms with Gasteiger partial charge in [0.25, 0.3) is 0 Å². The summed E-state index contributed by atoms with van der Waals surface area (Å²) in [5.41, 5.74) is -0.801. The molecule has 19 heavy (non-hydrogen) atoms. The normalized spacial score (nSPS) is 16.0. The van der Waals surface area contributed by atoms with E-state index < -0.39 is 11.5 Å². The number of unbranched alkanes of at least 4 members (excludes halogenated alkanes) is 1. The van der Waals surface area contributed by atoms with Crippen molar-refractivity contribution in [1.82, 2.24) is 5.32 Å². The highest BCUT2D eigenvalue weighted by Crippen LogP contribution is 2.14. The summed E-state index contributed by atoms with van der Waals surface area (Å²) in [7, 11) is 0. The zero-order valence-electron chi connectivity index (χ0n) is 13.0. The number of carboxylic acid groups (broad SMARTS) is 1. The molecule has 0 saturated carbocycles. The highest BCUT2D eigenvalue weighted by atomic mass is 16.5. The predicted octanol–water partition coefficient (Wildman–Crippen LogP) is 3.06. The predicted molar refractivity (Wildman–Crippen MR) is 78.5 cm³/mol. The van der Waals surface area contributed by atoms with Crippen LogP contribution in [0.25, 0.3) is 0 Å². The number of carbonyl (C=O) groups is 1. The molecule has 4 heteroatoms. The van der Waals surface area contributed by atoms with Crippen molar-refractivity contribution in [3.05, 3.63) is 0 Å². The molecule has 0 saturated heterocycles. The molecule has 4 nitrogen and oxygen atoms in total. The number of carboxylic acids is 1. The Morgan fingerprint density at radius 3 is 2.58 bits per heavy atom. The summed E-state index contributed by atoms with van der Waals surface area (Å²) in [5, 5.41) is 12.2. The molecule has 0 aromatic rings. The molecule has 2 N–H and O–H groups in total. The number of ether oxygens (including phenoxy) is 1. The van der Waals surface area contributed by atoms with Crippen molar-refractivity contribution < 1.29 is 14.6 Å². The molecule has 0 aliphatic heterocycles. The van der Waals surface area contributed by atoms with Crippen LogP contribution in [-0.2, 0) is 9.53 Å². The summed E-state index contributed by atoms with van der Waals surface area (Å²) in [6.45, 7) is 10.3. The Morgan fingerprint density at radius 2 is 2.05 bits per heavy atom. The maximum Gasteiger partial charge on any atom is 0.323 e. The monoisotopic (exact) mass is 273 g/mol. The van der Waals surface area contributed by atoms with E-state index in [0.29, 0.717) is 18.9 Å². The zero-order valence-corrected chi connectivity index (χ0v) is 13.0. The summed E-state index contributed by atoms with van der Waals surface area (Å²) in [4.78, 5) is 11.2. The minimum atomic E-state index is -0.801. The van der Waals surface area contributed by atoms with Crippen LogP contribution in [0.1, 0.15) is 59.8 Å². The Bertz CT molecular complexity index is 246. The van der Waals surface area contributed by atoms with Gasteiger partial charge in [-0.1, -0.05) is 27.2 Å². The molecule has 2 unspecified atom stereocenters. The van der Waals surface area contributed by atoms with Crippen LogP contribution in [0.2, 0.25) is 0 Å². The van der Waals surface area contributed by atoms with E-state index in [-0.39, 0.29) is 0 Å². The van der Waals surface area contributed by atoms with E-state index in [4.69, 9.17) is 4.74 Å². The van der Waals surface area contributed by atoms with Gasteiger partial charge in [-0.15, -0.1) is 0 Å². The van der Waals surface area contributed by atoms with Gasteiger partial charge in [0.1, 0.15) is 5.54 Å². The van der Waals surface area contributed by atoms with Crippen LogP contribution in [0.3, 0.4) is 0 Å². The van der Waals surface area contributed by atoms with Gasteiger partial charge in [0.15, 0.2) is 0 Å². The molecule has 0 aliphatic carbocycles. The van der Waals surface area contributed by atoms with Crippen LogP contribution in [-0.4, -0.2) is 36.4 Å². The van der Waals surface area contributed by atoms with Crippen LogP contribution >= 0.6 is 0 Å². The van der Waals surface area contributed by atoms with Crippen LogP contribution < -0.4 is 5.32 Å². The average Bonchev–Trinajstić information content (AvgIpc) is 2.34. The lowest BCUT2D eigenvalue weighted by atomic mass is 9.95. The number of rotatable bonds is 12. The molecular formula is C15H31NO3. The van der Waals surface area contributed by atoms with Crippen molar-refractivity contribution in [3.8, 4) is 0 Å². The average molecular weight is 273 g/mol. The van der Waals surface area contributed by atoms with E-state index >= 15 is 0 Å². The Balaban J connectivity index is 3.69. The fourth-order valence-electron chi connectivity index (χ4n) is 2.20. The van der Waals surface area contributed by atoms with Crippen LogP contribution in [0.5, 0.6) is 0 Å². The highest BCUT2D eigenvalue weighted by molar-refractivity contribution is 5.78. The third-order valence-corrected chi connectivity index (χ3v) is 3.44. The molecule has 0 aliphatic rings. The van der Waals surface area contributed by atoms with E-state index in [2.05, 4.69) is 19.2 Å².